The summed E-state index contributed by atoms with van der Waals surface area (Å²) in [6, 6.07) is 3.18. The Balaban J connectivity index is 2.22. The van der Waals surface area contributed by atoms with Crippen molar-refractivity contribution in [3.63, 3.8) is 0 Å². The number of carbonyl (C=O) groups is 1. The van der Waals surface area contributed by atoms with Crippen LogP contribution in [0.2, 0.25) is 0 Å². The Morgan fingerprint density at radius 3 is 2.61 bits per heavy atom. The van der Waals surface area contributed by atoms with E-state index in [0.717, 1.165) is 18.0 Å². The van der Waals surface area contributed by atoms with Gasteiger partial charge in [-0.1, -0.05) is 0 Å². The van der Waals surface area contributed by atoms with Gasteiger partial charge in [-0.3, -0.25) is 4.79 Å². The largest absolute Gasteiger partial charge is 0.290 e. The van der Waals surface area contributed by atoms with Crippen LogP contribution in [0.1, 0.15) is 16.2 Å². The highest BCUT2D eigenvalue weighted by Crippen LogP contribution is 2.10. The minimum atomic E-state index is -1.00. The van der Waals surface area contributed by atoms with Crippen molar-refractivity contribution in [3.8, 4) is 0 Å². The Hall–Kier alpha value is -2.04. The van der Waals surface area contributed by atoms with Crippen LogP contribution in [0.4, 0.5) is 8.78 Å². The molecule has 0 spiro atoms. The second-order valence-corrected chi connectivity index (χ2v) is 4.14. The number of hydrogen-bond acceptors (Lipinski definition) is 1. The van der Waals surface area contributed by atoms with Crippen LogP contribution in [0.5, 0.6) is 0 Å². The molecule has 1 aromatic heterocycles. The molecular formula is C13H13F2N2O+. The predicted molar refractivity (Wildman–Crippen MR) is 61.0 cm³/mol. The summed E-state index contributed by atoms with van der Waals surface area (Å²) < 4.78 is 29.4. The number of halogens is 2. The van der Waals surface area contributed by atoms with Gasteiger partial charge in [-0.05, 0) is 18.2 Å². The maximum Gasteiger partial charge on any atom is 0.253 e. The number of benzene rings is 1. The number of hydrogen-bond donors (Lipinski definition) is 0. The molecular weight excluding hydrogens is 238 g/mol. The average Bonchev–Trinajstić information content (AvgIpc) is 2.64. The van der Waals surface area contributed by atoms with E-state index in [1.54, 1.807) is 10.8 Å². The van der Waals surface area contributed by atoms with Crippen LogP contribution in [0, 0.1) is 18.6 Å². The molecule has 0 N–H and O–H groups in total. The van der Waals surface area contributed by atoms with Gasteiger partial charge in [0.25, 0.3) is 5.82 Å². The van der Waals surface area contributed by atoms with E-state index >= 15 is 0 Å². The number of aromatic nitrogens is 2. The van der Waals surface area contributed by atoms with E-state index < -0.39 is 11.6 Å². The summed E-state index contributed by atoms with van der Waals surface area (Å²) in [5.41, 5.74) is 0.171. The lowest BCUT2D eigenvalue weighted by Gasteiger charge is -2.01. The minimum absolute atomic E-state index is 0.109. The fraction of sp³-hybridized carbons (Fsp3) is 0.231. The summed E-state index contributed by atoms with van der Waals surface area (Å²) >= 11 is 0. The average molecular weight is 251 g/mol. The third kappa shape index (κ3) is 2.30. The molecule has 0 unspecified atom stereocenters. The monoisotopic (exact) mass is 251 g/mol. The van der Waals surface area contributed by atoms with Gasteiger partial charge in [-0.15, -0.1) is 0 Å². The second kappa shape index (κ2) is 4.68. The second-order valence-electron chi connectivity index (χ2n) is 4.14. The lowest BCUT2D eigenvalue weighted by molar-refractivity contribution is -0.677. The van der Waals surface area contributed by atoms with Crippen molar-refractivity contribution >= 4 is 5.78 Å². The van der Waals surface area contributed by atoms with E-state index in [1.807, 2.05) is 24.7 Å². The zero-order valence-electron chi connectivity index (χ0n) is 10.2. The Labute approximate surface area is 103 Å². The van der Waals surface area contributed by atoms with E-state index in [2.05, 4.69) is 0 Å². The fourth-order valence-electron chi connectivity index (χ4n) is 1.68. The van der Waals surface area contributed by atoms with Gasteiger partial charge in [0, 0.05) is 12.5 Å². The van der Waals surface area contributed by atoms with Crippen LogP contribution < -0.4 is 4.57 Å². The summed E-state index contributed by atoms with van der Waals surface area (Å²) in [7, 11) is 1.87. The van der Waals surface area contributed by atoms with Gasteiger partial charge >= 0.3 is 0 Å². The molecule has 0 fully saturated rings. The van der Waals surface area contributed by atoms with E-state index in [-0.39, 0.29) is 17.9 Å². The third-order valence-corrected chi connectivity index (χ3v) is 2.95. The quantitative estimate of drug-likeness (QED) is 0.603. The van der Waals surface area contributed by atoms with Crippen LogP contribution in [-0.4, -0.2) is 10.4 Å². The molecule has 1 aromatic carbocycles. The highest BCUT2D eigenvalue weighted by atomic mass is 19.2. The van der Waals surface area contributed by atoms with Gasteiger partial charge < -0.3 is 0 Å². The number of Topliss-reactive ketones (excluding diaryl/α,β-unsaturated/α-hetero) is 1. The number of imidazole rings is 1. The maximum absolute atomic E-state index is 13.0. The van der Waals surface area contributed by atoms with Crippen LogP contribution >= 0.6 is 0 Å². The SMILES string of the molecule is Cc1n(CC(=O)c2ccc(F)c(F)c2)cc[n+]1C. The van der Waals surface area contributed by atoms with E-state index in [1.165, 1.54) is 6.07 Å². The van der Waals surface area contributed by atoms with Crippen molar-refractivity contribution in [1.29, 1.82) is 0 Å². The van der Waals surface area contributed by atoms with Gasteiger partial charge in [-0.2, -0.15) is 0 Å². The normalized spacial score (nSPS) is 10.7. The summed E-state index contributed by atoms with van der Waals surface area (Å²) in [6.45, 7) is 1.98. The first kappa shape index (κ1) is 12.4. The fourth-order valence-corrected chi connectivity index (χ4v) is 1.68. The van der Waals surface area contributed by atoms with E-state index in [4.69, 9.17) is 0 Å². The molecule has 1 heterocycles. The van der Waals surface area contributed by atoms with Crippen molar-refractivity contribution in [2.24, 2.45) is 7.05 Å². The lowest BCUT2D eigenvalue weighted by Crippen LogP contribution is -2.30. The Kier molecular flexibility index (Phi) is 3.23. The molecule has 2 rings (SSSR count). The molecule has 5 heteroatoms. The minimum Gasteiger partial charge on any atom is -0.290 e. The van der Waals surface area contributed by atoms with Crippen LogP contribution in [0.15, 0.2) is 30.6 Å². The topological polar surface area (TPSA) is 25.9 Å². The number of nitrogens with zero attached hydrogens (tertiary/aromatic N) is 2. The molecule has 0 bridgehead atoms. The Bertz CT molecular complexity index is 605. The number of carbonyl (C=O) groups excluding carboxylic acids is 1. The van der Waals surface area contributed by atoms with Crippen molar-refractivity contribution in [2.45, 2.75) is 13.5 Å². The first-order chi connectivity index (χ1) is 8.49. The molecule has 94 valence electrons. The van der Waals surface area contributed by atoms with Crippen LogP contribution in [0.3, 0.4) is 0 Å². The first-order valence-corrected chi connectivity index (χ1v) is 5.48. The summed E-state index contributed by atoms with van der Waals surface area (Å²) in [5, 5.41) is 0. The number of ketones is 1. The van der Waals surface area contributed by atoms with Gasteiger partial charge in [0.2, 0.25) is 5.78 Å². The first-order valence-electron chi connectivity index (χ1n) is 5.48. The highest BCUT2D eigenvalue weighted by molar-refractivity contribution is 5.95. The van der Waals surface area contributed by atoms with Crippen LogP contribution in [0.25, 0.3) is 0 Å². The van der Waals surface area contributed by atoms with Crippen molar-refractivity contribution in [2.75, 3.05) is 0 Å². The zero-order valence-corrected chi connectivity index (χ0v) is 10.2. The molecule has 0 aliphatic heterocycles. The molecule has 0 amide bonds. The zero-order chi connectivity index (χ0) is 13.3. The summed E-state index contributed by atoms with van der Waals surface area (Å²) in [4.78, 5) is 11.9. The molecule has 0 atom stereocenters. The summed E-state index contributed by atoms with van der Waals surface area (Å²) in [6.07, 6.45) is 3.60. The van der Waals surface area contributed by atoms with Gasteiger partial charge in [0.15, 0.2) is 18.2 Å². The molecule has 18 heavy (non-hydrogen) atoms. The number of aryl methyl sites for hydroxylation is 1. The van der Waals surface area contributed by atoms with E-state index in [9.17, 15) is 13.6 Å². The van der Waals surface area contributed by atoms with Gasteiger partial charge in [0.1, 0.15) is 12.4 Å². The molecule has 0 saturated heterocycles. The van der Waals surface area contributed by atoms with Gasteiger partial charge in [0.05, 0.1) is 7.05 Å². The van der Waals surface area contributed by atoms with Crippen molar-refractivity contribution in [3.05, 3.63) is 53.6 Å². The molecule has 0 radical (unpaired) electrons. The van der Waals surface area contributed by atoms with E-state index in [0.29, 0.717) is 0 Å². The van der Waals surface area contributed by atoms with Crippen LogP contribution in [-0.2, 0) is 13.6 Å². The Morgan fingerprint density at radius 1 is 1.33 bits per heavy atom. The molecule has 0 aliphatic carbocycles. The Morgan fingerprint density at radius 2 is 2.06 bits per heavy atom. The standard InChI is InChI=1S/C13H13F2N2O/c1-9-16(2)5-6-17(9)8-13(18)10-3-4-11(14)12(15)7-10/h3-7H,8H2,1-2H3/q+1. The smallest absolute Gasteiger partial charge is 0.253 e. The van der Waals surface area contributed by atoms with Gasteiger partial charge in [-0.25, -0.2) is 17.9 Å². The molecule has 0 saturated carbocycles. The number of rotatable bonds is 3. The maximum atomic E-state index is 13.0. The third-order valence-electron chi connectivity index (χ3n) is 2.95. The van der Waals surface area contributed by atoms with Crippen molar-refractivity contribution in [1.82, 2.24) is 4.57 Å². The molecule has 3 nitrogen and oxygen atoms in total. The molecule has 2 aromatic rings. The lowest BCUT2D eigenvalue weighted by atomic mass is 10.1. The van der Waals surface area contributed by atoms with Crippen molar-refractivity contribution < 1.29 is 18.1 Å². The highest BCUT2D eigenvalue weighted by Gasteiger charge is 2.16. The predicted octanol–water partition coefficient (Wildman–Crippen LogP) is 1.78. The summed E-state index contributed by atoms with van der Waals surface area (Å²) in [5.74, 6) is -1.30. The molecule has 0 aliphatic rings.